The molecule has 2 aromatic rings. The quantitative estimate of drug-likeness (QED) is 0.710. The Labute approximate surface area is 91.2 Å². The van der Waals surface area contributed by atoms with Crippen molar-refractivity contribution in [2.75, 3.05) is 6.54 Å². The van der Waals surface area contributed by atoms with Crippen LogP contribution in [0.3, 0.4) is 0 Å². The molecular weight excluding hydrogens is 204 g/mol. The number of hydrogen-bond donors (Lipinski definition) is 1. The van der Waals surface area contributed by atoms with Gasteiger partial charge in [-0.3, -0.25) is 4.79 Å². The first-order chi connectivity index (χ1) is 7.84. The number of rotatable bonds is 0. The van der Waals surface area contributed by atoms with E-state index in [1.54, 1.807) is 6.21 Å². The number of para-hydroxylation sites is 2. The Balaban J connectivity index is 2.33. The number of amides is 1. The van der Waals surface area contributed by atoms with Gasteiger partial charge in [0.1, 0.15) is 0 Å². The number of nitrogens with zero attached hydrogens (tertiary/aromatic N) is 3. The standard InChI is InChI=1S/C11H8N4O/c16-11-9-10(12-5-6-13-11)15-8-4-2-1-3-7(8)14-9/h1-5H,6H2,(H,13,16). The molecule has 2 heterocycles. The van der Waals surface area contributed by atoms with Gasteiger partial charge >= 0.3 is 0 Å². The topological polar surface area (TPSA) is 67.2 Å². The van der Waals surface area contributed by atoms with Crippen molar-refractivity contribution >= 4 is 29.0 Å². The second kappa shape index (κ2) is 3.37. The Kier molecular flexibility index (Phi) is 1.89. The summed E-state index contributed by atoms with van der Waals surface area (Å²) >= 11 is 0. The Morgan fingerprint density at radius 3 is 2.69 bits per heavy atom. The van der Waals surface area contributed by atoms with Crippen LogP contribution in [0.15, 0.2) is 29.3 Å². The van der Waals surface area contributed by atoms with E-state index in [-0.39, 0.29) is 11.6 Å². The summed E-state index contributed by atoms with van der Waals surface area (Å²) in [7, 11) is 0. The van der Waals surface area contributed by atoms with Crippen LogP contribution in [-0.4, -0.2) is 28.6 Å². The Morgan fingerprint density at radius 1 is 1.12 bits per heavy atom. The van der Waals surface area contributed by atoms with Crippen molar-refractivity contribution in [2.24, 2.45) is 4.99 Å². The fourth-order valence-electron chi connectivity index (χ4n) is 1.59. The van der Waals surface area contributed by atoms with E-state index < -0.39 is 0 Å². The molecule has 1 aliphatic heterocycles. The molecule has 0 radical (unpaired) electrons. The van der Waals surface area contributed by atoms with E-state index in [9.17, 15) is 4.79 Å². The highest BCUT2D eigenvalue weighted by atomic mass is 16.1. The maximum atomic E-state index is 11.7. The van der Waals surface area contributed by atoms with Crippen molar-refractivity contribution in [1.82, 2.24) is 15.3 Å². The number of nitrogens with one attached hydrogen (secondary N) is 1. The van der Waals surface area contributed by atoms with Gasteiger partial charge in [0.25, 0.3) is 5.91 Å². The molecule has 1 aromatic heterocycles. The van der Waals surface area contributed by atoms with Gasteiger partial charge in [-0.25, -0.2) is 15.0 Å². The number of benzene rings is 1. The van der Waals surface area contributed by atoms with Gasteiger partial charge < -0.3 is 5.32 Å². The summed E-state index contributed by atoms with van der Waals surface area (Å²) in [4.78, 5) is 24.3. The van der Waals surface area contributed by atoms with E-state index in [1.807, 2.05) is 24.3 Å². The second-order valence-electron chi connectivity index (χ2n) is 3.41. The number of hydrogen-bond acceptors (Lipinski definition) is 4. The first-order valence-electron chi connectivity index (χ1n) is 4.92. The van der Waals surface area contributed by atoms with Gasteiger partial charge in [-0.2, -0.15) is 0 Å². The van der Waals surface area contributed by atoms with Crippen molar-refractivity contribution in [3.05, 3.63) is 30.0 Å². The Hall–Kier alpha value is -2.30. The Bertz CT molecular complexity index is 606. The Morgan fingerprint density at radius 2 is 1.88 bits per heavy atom. The van der Waals surface area contributed by atoms with Crippen LogP contribution in [0.1, 0.15) is 10.5 Å². The average molecular weight is 212 g/mol. The highest BCUT2D eigenvalue weighted by Gasteiger charge is 2.16. The molecule has 1 amide bonds. The maximum absolute atomic E-state index is 11.7. The lowest BCUT2D eigenvalue weighted by Gasteiger charge is -2.02. The van der Waals surface area contributed by atoms with Crippen LogP contribution < -0.4 is 5.32 Å². The summed E-state index contributed by atoms with van der Waals surface area (Å²) < 4.78 is 0. The molecule has 0 saturated carbocycles. The van der Waals surface area contributed by atoms with E-state index in [4.69, 9.17) is 0 Å². The summed E-state index contributed by atoms with van der Waals surface area (Å²) in [5.41, 5.74) is 1.73. The molecule has 16 heavy (non-hydrogen) atoms. The summed E-state index contributed by atoms with van der Waals surface area (Å²) in [5.74, 6) is 0.152. The lowest BCUT2D eigenvalue weighted by atomic mass is 10.3. The molecule has 5 heteroatoms. The fraction of sp³-hybridized carbons (Fsp3) is 0.0909. The van der Waals surface area contributed by atoms with E-state index in [0.717, 1.165) is 5.52 Å². The molecule has 0 saturated heterocycles. The van der Waals surface area contributed by atoms with Gasteiger partial charge in [-0.05, 0) is 12.1 Å². The van der Waals surface area contributed by atoms with E-state index in [1.165, 1.54) is 0 Å². The predicted molar refractivity (Wildman–Crippen MR) is 60.0 cm³/mol. The molecule has 0 atom stereocenters. The van der Waals surface area contributed by atoms with E-state index >= 15 is 0 Å². The molecular formula is C11H8N4O. The molecule has 1 aliphatic rings. The first kappa shape index (κ1) is 8.96. The molecule has 0 fully saturated rings. The van der Waals surface area contributed by atoms with Crippen LogP contribution >= 0.6 is 0 Å². The van der Waals surface area contributed by atoms with Crippen LogP contribution in [0, 0.1) is 0 Å². The molecule has 5 nitrogen and oxygen atoms in total. The van der Waals surface area contributed by atoms with Crippen LogP contribution in [-0.2, 0) is 0 Å². The number of carbonyl (C=O) groups excluding carboxylic acids is 1. The van der Waals surface area contributed by atoms with Crippen LogP contribution in [0.25, 0.3) is 11.0 Å². The number of aliphatic imine (C=N–C) groups is 1. The second-order valence-corrected chi connectivity index (χ2v) is 3.41. The minimum absolute atomic E-state index is 0.231. The summed E-state index contributed by atoms with van der Waals surface area (Å²) in [6.45, 7) is 0.410. The highest BCUT2D eigenvalue weighted by Crippen LogP contribution is 2.19. The molecule has 0 unspecified atom stereocenters. The third-order valence-electron chi connectivity index (χ3n) is 2.33. The zero-order valence-electron chi connectivity index (χ0n) is 8.34. The van der Waals surface area contributed by atoms with Crippen molar-refractivity contribution in [2.45, 2.75) is 0 Å². The van der Waals surface area contributed by atoms with Gasteiger partial charge in [0.15, 0.2) is 11.5 Å². The predicted octanol–water partition coefficient (Wildman–Crippen LogP) is 1.08. The average Bonchev–Trinajstić information content (AvgIpc) is 2.49. The van der Waals surface area contributed by atoms with Crippen LogP contribution in [0.4, 0.5) is 5.82 Å². The number of aromatic nitrogens is 2. The molecule has 0 bridgehead atoms. The number of fused-ring (bicyclic) bond motifs is 2. The monoisotopic (exact) mass is 212 g/mol. The molecule has 1 aromatic carbocycles. The zero-order valence-corrected chi connectivity index (χ0v) is 8.34. The SMILES string of the molecule is O=C1NCC=Nc2nc3ccccc3nc21. The summed E-state index contributed by atoms with van der Waals surface area (Å²) in [5, 5.41) is 2.67. The molecule has 1 N–H and O–H groups in total. The van der Waals surface area contributed by atoms with Crippen LogP contribution in [0.2, 0.25) is 0 Å². The summed E-state index contributed by atoms with van der Waals surface area (Å²) in [6.07, 6.45) is 1.62. The van der Waals surface area contributed by atoms with Gasteiger partial charge in [0.05, 0.1) is 17.6 Å². The van der Waals surface area contributed by atoms with Gasteiger partial charge in [-0.1, -0.05) is 12.1 Å². The van der Waals surface area contributed by atoms with Crippen molar-refractivity contribution in [3.63, 3.8) is 0 Å². The van der Waals surface area contributed by atoms with E-state index in [2.05, 4.69) is 20.3 Å². The van der Waals surface area contributed by atoms with Crippen molar-refractivity contribution in [3.8, 4) is 0 Å². The van der Waals surface area contributed by atoms with Crippen molar-refractivity contribution in [1.29, 1.82) is 0 Å². The van der Waals surface area contributed by atoms with Gasteiger partial charge in [0, 0.05) is 6.21 Å². The van der Waals surface area contributed by atoms with Gasteiger partial charge in [0.2, 0.25) is 0 Å². The molecule has 3 rings (SSSR count). The molecule has 0 spiro atoms. The minimum Gasteiger partial charge on any atom is -0.346 e. The fourth-order valence-corrected chi connectivity index (χ4v) is 1.59. The highest BCUT2D eigenvalue weighted by molar-refractivity contribution is 6.00. The molecule has 78 valence electrons. The first-order valence-corrected chi connectivity index (χ1v) is 4.92. The third-order valence-corrected chi connectivity index (χ3v) is 2.33. The van der Waals surface area contributed by atoms with Crippen molar-refractivity contribution < 1.29 is 4.79 Å². The van der Waals surface area contributed by atoms with E-state index in [0.29, 0.717) is 17.9 Å². The maximum Gasteiger partial charge on any atom is 0.274 e. The normalized spacial score (nSPS) is 14.4. The lowest BCUT2D eigenvalue weighted by Crippen LogP contribution is -2.24. The molecule has 0 aliphatic carbocycles. The smallest absolute Gasteiger partial charge is 0.274 e. The number of carbonyl (C=O) groups is 1. The largest absolute Gasteiger partial charge is 0.346 e. The van der Waals surface area contributed by atoms with Gasteiger partial charge in [-0.15, -0.1) is 0 Å². The summed E-state index contributed by atoms with van der Waals surface area (Å²) in [6, 6.07) is 7.41. The lowest BCUT2D eigenvalue weighted by molar-refractivity contribution is 0.0956. The minimum atomic E-state index is -0.231. The van der Waals surface area contributed by atoms with Crippen LogP contribution in [0.5, 0.6) is 0 Å². The zero-order chi connectivity index (χ0) is 11.0. The third kappa shape index (κ3) is 1.33.